The molecule has 3 aromatic rings. The molecule has 0 N–H and O–H groups in total. The number of halogens is 2. The average molecular weight is 482 g/mol. The molecule has 7 heteroatoms. The van der Waals surface area contributed by atoms with Gasteiger partial charge in [0.1, 0.15) is 33.1 Å². The number of carbonyl (C=O) groups is 1. The van der Waals surface area contributed by atoms with Crippen LogP contribution in [-0.4, -0.2) is 24.0 Å². The molecule has 0 aromatic heterocycles. The molecule has 0 spiro atoms. The molecule has 3 aromatic carbocycles. The zero-order valence-electron chi connectivity index (χ0n) is 18.0. The van der Waals surface area contributed by atoms with E-state index in [4.69, 9.17) is 37.4 Å². The number of carbonyl (C=O) groups excluding carboxylic acids is 1. The van der Waals surface area contributed by atoms with E-state index in [0.29, 0.717) is 40.5 Å². The first-order valence-electron chi connectivity index (χ1n) is 10.4. The van der Waals surface area contributed by atoms with Crippen LogP contribution in [0, 0.1) is 11.3 Å². The summed E-state index contributed by atoms with van der Waals surface area (Å²) in [6.07, 6.45) is 0. The van der Waals surface area contributed by atoms with Crippen LogP contribution in [0.3, 0.4) is 0 Å². The number of alkyl halides is 2. The molecule has 1 aliphatic rings. The quantitative estimate of drug-likeness (QED) is 0.299. The summed E-state index contributed by atoms with van der Waals surface area (Å²) in [5, 5.41) is 9.55. The molecular formula is C26H21Cl2NO4. The first-order valence-corrected chi connectivity index (χ1v) is 11.1. The van der Waals surface area contributed by atoms with Gasteiger partial charge in [-0.15, -0.1) is 0 Å². The van der Waals surface area contributed by atoms with Gasteiger partial charge in [0.15, 0.2) is 0 Å². The van der Waals surface area contributed by atoms with Gasteiger partial charge >= 0.3 is 5.97 Å². The van der Waals surface area contributed by atoms with Crippen LogP contribution in [-0.2, 0) is 14.9 Å². The third-order valence-electron chi connectivity index (χ3n) is 5.80. The highest BCUT2D eigenvalue weighted by Crippen LogP contribution is 2.75. The number of hydrogen-bond donors (Lipinski definition) is 0. The number of hydrogen-bond acceptors (Lipinski definition) is 5. The highest BCUT2D eigenvalue weighted by Gasteiger charge is 2.82. The lowest BCUT2D eigenvalue weighted by atomic mass is 9.90. The van der Waals surface area contributed by atoms with Gasteiger partial charge in [0.25, 0.3) is 0 Å². The number of nitriles is 1. The van der Waals surface area contributed by atoms with E-state index in [-0.39, 0.29) is 0 Å². The average Bonchev–Trinajstić information content (AvgIpc) is 3.36. The number of nitrogens with zero attached hydrogens (tertiary/aromatic N) is 1. The molecular weight excluding hydrogens is 461 g/mol. The zero-order valence-corrected chi connectivity index (χ0v) is 19.6. The second-order valence-electron chi connectivity index (χ2n) is 7.60. The summed E-state index contributed by atoms with van der Waals surface area (Å²) >= 11 is 13.6. The van der Waals surface area contributed by atoms with Gasteiger partial charge in [-0.2, -0.15) is 5.26 Å². The van der Waals surface area contributed by atoms with Crippen molar-refractivity contribution in [2.75, 3.05) is 13.7 Å². The molecule has 0 aliphatic heterocycles. The molecule has 0 bridgehead atoms. The highest BCUT2D eigenvalue weighted by molar-refractivity contribution is 6.55. The smallest absolute Gasteiger partial charge is 0.320 e. The minimum absolute atomic E-state index is 0.350. The van der Waals surface area contributed by atoms with Crippen molar-refractivity contribution < 1.29 is 19.0 Å². The maximum absolute atomic E-state index is 13.1. The van der Waals surface area contributed by atoms with Crippen molar-refractivity contribution in [2.45, 2.75) is 22.6 Å². The summed E-state index contributed by atoms with van der Waals surface area (Å²) < 4.78 is 15.1. The Morgan fingerprint density at radius 2 is 1.73 bits per heavy atom. The summed E-state index contributed by atoms with van der Waals surface area (Å²) in [6.45, 7) is 2.41. The van der Waals surface area contributed by atoms with Crippen molar-refractivity contribution in [1.82, 2.24) is 0 Å². The van der Waals surface area contributed by atoms with Crippen molar-refractivity contribution in [3.8, 4) is 23.3 Å². The number of ether oxygens (including phenoxy) is 3. The maximum atomic E-state index is 13.1. The molecule has 33 heavy (non-hydrogen) atoms. The van der Waals surface area contributed by atoms with E-state index >= 15 is 0 Å². The molecule has 5 nitrogen and oxygen atoms in total. The lowest BCUT2D eigenvalue weighted by molar-refractivity contribution is -0.143. The molecule has 1 saturated carbocycles. The SMILES string of the molecule is CCOc1ccc(C2(C(=O)OC)C(c3ccc(C#N)c(Oc4ccccc4)c3)C2(Cl)Cl)cc1. The lowest BCUT2D eigenvalue weighted by Gasteiger charge is -2.17. The largest absolute Gasteiger partial charge is 0.494 e. The minimum atomic E-state index is -1.47. The Morgan fingerprint density at radius 3 is 2.33 bits per heavy atom. The Bertz CT molecular complexity index is 1210. The van der Waals surface area contributed by atoms with Crippen molar-refractivity contribution >= 4 is 29.2 Å². The van der Waals surface area contributed by atoms with Gasteiger partial charge in [0.2, 0.25) is 0 Å². The summed E-state index contributed by atoms with van der Waals surface area (Å²) in [5.74, 6) is 0.435. The summed E-state index contributed by atoms with van der Waals surface area (Å²) in [5.41, 5.74) is 0.294. The van der Waals surface area contributed by atoms with Crippen LogP contribution in [0.15, 0.2) is 72.8 Å². The van der Waals surface area contributed by atoms with E-state index in [9.17, 15) is 10.1 Å². The lowest BCUT2D eigenvalue weighted by Crippen LogP contribution is -2.28. The van der Waals surface area contributed by atoms with Gasteiger partial charge in [-0.1, -0.05) is 59.6 Å². The van der Waals surface area contributed by atoms with Gasteiger partial charge in [0.05, 0.1) is 19.3 Å². The van der Waals surface area contributed by atoms with E-state index in [1.54, 1.807) is 54.6 Å². The van der Waals surface area contributed by atoms with Gasteiger partial charge in [0, 0.05) is 5.92 Å². The van der Waals surface area contributed by atoms with E-state index in [1.807, 2.05) is 25.1 Å². The Morgan fingerprint density at radius 1 is 1.03 bits per heavy atom. The molecule has 1 fully saturated rings. The highest BCUT2D eigenvalue weighted by atomic mass is 35.5. The molecule has 168 valence electrons. The van der Waals surface area contributed by atoms with Crippen LogP contribution >= 0.6 is 23.2 Å². The van der Waals surface area contributed by atoms with Crippen molar-refractivity contribution in [2.24, 2.45) is 0 Å². The van der Waals surface area contributed by atoms with Crippen molar-refractivity contribution in [3.05, 3.63) is 89.5 Å². The fourth-order valence-corrected chi connectivity index (χ4v) is 5.31. The standard InChI is InChI=1S/C26H21Cl2NO4/c1-3-32-20-13-11-19(12-14-20)25(24(30)31-2)23(26(25,27)28)17-9-10-18(16-29)22(15-17)33-21-7-5-4-6-8-21/h4-15,23H,3H2,1-2H3. The van der Waals surface area contributed by atoms with E-state index in [0.717, 1.165) is 0 Å². The fraction of sp³-hybridized carbons (Fsp3) is 0.231. The normalized spacial score (nSPS) is 20.4. The molecule has 4 rings (SSSR count). The number of esters is 1. The molecule has 0 amide bonds. The molecule has 2 unspecified atom stereocenters. The predicted molar refractivity (Wildman–Crippen MR) is 126 cm³/mol. The first kappa shape index (κ1) is 23.0. The topological polar surface area (TPSA) is 68.5 Å². The van der Waals surface area contributed by atoms with Crippen LogP contribution in [0.1, 0.15) is 29.5 Å². The van der Waals surface area contributed by atoms with Crippen LogP contribution < -0.4 is 9.47 Å². The summed E-state index contributed by atoms with van der Waals surface area (Å²) in [6, 6.07) is 23.4. The number of rotatable bonds is 7. The van der Waals surface area contributed by atoms with Crippen molar-refractivity contribution in [3.63, 3.8) is 0 Å². The van der Waals surface area contributed by atoms with E-state index in [1.165, 1.54) is 7.11 Å². The predicted octanol–water partition coefficient (Wildman–Crippen LogP) is 6.13. The Labute approximate surface area is 202 Å². The second-order valence-corrected chi connectivity index (χ2v) is 8.98. The third-order valence-corrected chi connectivity index (χ3v) is 6.83. The Kier molecular flexibility index (Phi) is 6.25. The first-order chi connectivity index (χ1) is 15.9. The van der Waals surface area contributed by atoms with Gasteiger partial charge in [-0.05, 0) is 54.4 Å². The fourth-order valence-electron chi connectivity index (χ4n) is 4.25. The molecule has 0 heterocycles. The van der Waals surface area contributed by atoms with Gasteiger partial charge in [-0.3, -0.25) is 4.79 Å². The van der Waals surface area contributed by atoms with Crippen LogP contribution in [0.5, 0.6) is 17.2 Å². The van der Waals surface area contributed by atoms with Crippen LogP contribution in [0.2, 0.25) is 0 Å². The number of para-hydroxylation sites is 1. The zero-order chi connectivity index (χ0) is 23.6. The van der Waals surface area contributed by atoms with Gasteiger partial charge < -0.3 is 14.2 Å². The monoisotopic (exact) mass is 481 g/mol. The molecule has 1 aliphatic carbocycles. The van der Waals surface area contributed by atoms with E-state index < -0.39 is 21.6 Å². The third kappa shape index (κ3) is 3.80. The second kappa shape index (κ2) is 8.97. The van der Waals surface area contributed by atoms with Crippen LogP contribution in [0.4, 0.5) is 0 Å². The van der Waals surface area contributed by atoms with E-state index in [2.05, 4.69) is 6.07 Å². The Balaban J connectivity index is 1.78. The molecule has 0 radical (unpaired) electrons. The van der Waals surface area contributed by atoms with Crippen molar-refractivity contribution in [1.29, 1.82) is 5.26 Å². The summed E-state index contributed by atoms with van der Waals surface area (Å²) in [7, 11) is 1.31. The van der Waals surface area contributed by atoms with Crippen LogP contribution in [0.25, 0.3) is 0 Å². The number of methoxy groups -OCH3 is 1. The molecule has 0 saturated heterocycles. The maximum Gasteiger partial charge on any atom is 0.320 e. The van der Waals surface area contributed by atoms with Gasteiger partial charge in [-0.25, -0.2) is 0 Å². The number of benzene rings is 3. The Hall–Kier alpha value is -3.20. The summed E-state index contributed by atoms with van der Waals surface area (Å²) in [4.78, 5) is 13.1. The molecule has 2 atom stereocenters. The minimum Gasteiger partial charge on any atom is -0.494 e.